The molecule has 2 N–H and O–H groups in total. The fourth-order valence-electron chi connectivity index (χ4n) is 1.96. The lowest BCUT2D eigenvalue weighted by Crippen LogP contribution is -2.18. The highest BCUT2D eigenvalue weighted by molar-refractivity contribution is 5.29. The fourth-order valence-corrected chi connectivity index (χ4v) is 1.96. The lowest BCUT2D eigenvalue weighted by Gasteiger charge is -2.15. The van der Waals surface area contributed by atoms with E-state index in [4.69, 9.17) is 10.5 Å². The zero-order valence-electron chi connectivity index (χ0n) is 11.8. The van der Waals surface area contributed by atoms with Gasteiger partial charge in [-0.3, -0.25) is 4.79 Å². The van der Waals surface area contributed by atoms with E-state index in [9.17, 15) is 4.79 Å². The summed E-state index contributed by atoms with van der Waals surface area (Å²) in [6, 6.07) is 10.8. The fraction of sp³-hybridized carbons (Fsp3) is 0.312. The minimum absolute atomic E-state index is 0.00464. The molecule has 1 heterocycles. The molecule has 0 bridgehead atoms. The molecule has 2 aromatic rings. The Morgan fingerprint density at radius 3 is 2.25 bits per heavy atom. The van der Waals surface area contributed by atoms with E-state index in [-0.39, 0.29) is 17.6 Å². The molecule has 0 amide bonds. The van der Waals surface area contributed by atoms with Crippen molar-refractivity contribution in [2.24, 2.45) is 5.73 Å². The number of nitrogens with zero attached hydrogens (tertiary/aromatic N) is 1. The molecule has 0 saturated heterocycles. The maximum Gasteiger partial charge on any atom is 0.181 e. The average molecular weight is 272 g/mol. The molecule has 1 atom stereocenters. The first-order valence-electron chi connectivity index (χ1n) is 6.73. The van der Waals surface area contributed by atoms with E-state index >= 15 is 0 Å². The van der Waals surface area contributed by atoms with Crippen molar-refractivity contribution in [3.63, 3.8) is 0 Å². The summed E-state index contributed by atoms with van der Waals surface area (Å²) in [4.78, 5) is 11.0. The van der Waals surface area contributed by atoms with Crippen LogP contribution in [0.4, 0.5) is 0 Å². The van der Waals surface area contributed by atoms with E-state index in [1.807, 2.05) is 42.7 Å². The number of ether oxygens (including phenoxy) is 1. The van der Waals surface area contributed by atoms with E-state index < -0.39 is 0 Å². The maximum atomic E-state index is 11.0. The Labute approximate surface area is 118 Å². The number of benzene rings is 1. The Bertz CT molecular complexity index is 582. The number of hydrogen-bond acceptors (Lipinski definition) is 3. The summed E-state index contributed by atoms with van der Waals surface area (Å²) in [6.07, 6.45) is 3.66. The minimum Gasteiger partial charge on any atom is -0.491 e. The van der Waals surface area contributed by atoms with E-state index in [0.29, 0.717) is 6.54 Å². The second-order valence-electron chi connectivity index (χ2n) is 5.07. The Hall–Kier alpha value is -2.07. The summed E-state index contributed by atoms with van der Waals surface area (Å²) in [7, 11) is 0. The van der Waals surface area contributed by atoms with Gasteiger partial charge in [-0.2, -0.15) is 0 Å². The molecule has 0 spiro atoms. The van der Waals surface area contributed by atoms with E-state index in [1.165, 1.54) is 12.1 Å². The van der Waals surface area contributed by atoms with Crippen LogP contribution >= 0.6 is 0 Å². The highest BCUT2D eigenvalue weighted by Gasteiger charge is 2.07. The van der Waals surface area contributed by atoms with Crippen LogP contribution in [-0.4, -0.2) is 10.7 Å². The maximum absolute atomic E-state index is 11.0. The molecule has 2 rings (SSSR count). The van der Waals surface area contributed by atoms with Gasteiger partial charge in [-0.15, -0.1) is 0 Å². The first-order chi connectivity index (χ1) is 9.54. The van der Waals surface area contributed by atoms with Gasteiger partial charge in [0.05, 0.1) is 6.10 Å². The first-order valence-corrected chi connectivity index (χ1v) is 6.73. The molecule has 4 nitrogen and oxygen atoms in total. The highest BCUT2D eigenvalue weighted by Crippen LogP contribution is 2.18. The number of pyridine rings is 1. The predicted octanol–water partition coefficient (Wildman–Crippen LogP) is 2.34. The topological polar surface area (TPSA) is 57.2 Å². The third kappa shape index (κ3) is 3.96. The standard InChI is InChI=1S/C16H20N2O2/c1-12(2)20-15-5-3-13(4-6-15)16(17)11-18-9-7-14(19)8-10-18/h3-10,12,16H,11,17H2,1-2H3. The summed E-state index contributed by atoms with van der Waals surface area (Å²) < 4.78 is 7.51. The lowest BCUT2D eigenvalue weighted by molar-refractivity contribution is 0.242. The first kappa shape index (κ1) is 14.3. The predicted molar refractivity (Wildman–Crippen MR) is 79.8 cm³/mol. The summed E-state index contributed by atoms with van der Waals surface area (Å²) >= 11 is 0. The smallest absolute Gasteiger partial charge is 0.181 e. The van der Waals surface area contributed by atoms with E-state index in [1.54, 1.807) is 12.4 Å². The molecular weight excluding hydrogens is 252 g/mol. The molecule has 1 aromatic heterocycles. The normalized spacial score (nSPS) is 12.4. The van der Waals surface area contributed by atoms with Gasteiger partial charge >= 0.3 is 0 Å². The third-order valence-electron chi connectivity index (χ3n) is 2.95. The highest BCUT2D eigenvalue weighted by atomic mass is 16.5. The third-order valence-corrected chi connectivity index (χ3v) is 2.95. The molecule has 0 fully saturated rings. The van der Waals surface area contributed by atoms with Gasteiger partial charge < -0.3 is 15.0 Å². The van der Waals surface area contributed by atoms with E-state index in [2.05, 4.69) is 0 Å². The summed E-state index contributed by atoms with van der Waals surface area (Å²) in [5.41, 5.74) is 7.22. The van der Waals surface area contributed by atoms with Crippen molar-refractivity contribution >= 4 is 0 Å². The Morgan fingerprint density at radius 1 is 1.10 bits per heavy atom. The summed E-state index contributed by atoms with van der Waals surface area (Å²) in [5, 5.41) is 0. The van der Waals surface area contributed by atoms with Crippen LogP contribution in [0.3, 0.4) is 0 Å². The van der Waals surface area contributed by atoms with Gasteiger partial charge in [-0.1, -0.05) is 12.1 Å². The van der Waals surface area contributed by atoms with Gasteiger partial charge in [0.1, 0.15) is 5.75 Å². The monoisotopic (exact) mass is 272 g/mol. The van der Waals surface area contributed by atoms with E-state index in [0.717, 1.165) is 11.3 Å². The van der Waals surface area contributed by atoms with Gasteiger partial charge in [-0.25, -0.2) is 0 Å². The molecule has 20 heavy (non-hydrogen) atoms. The van der Waals surface area contributed by atoms with Crippen molar-refractivity contribution < 1.29 is 4.74 Å². The molecule has 0 saturated carbocycles. The van der Waals surface area contributed by atoms with Crippen LogP contribution in [0.15, 0.2) is 53.6 Å². The largest absolute Gasteiger partial charge is 0.491 e. The lowest BCUT2D eigenvalue weighted by atomic mass is 10.1. The number of nitrogens with two attached hydrogens (primary N) is 1. The van der Waals surface area contributed by atoms with Crippen molar-refractivity contribution in [2.45, 2.75) is 32.5 Å². The Balaban J connectivity index is 2.03. The number of rotatable bonds is 5. The SMILES string of the molecule is CC(C)Oc1ccc(C(N)Cn2ccc(=O)cc2)cc1. The minimum atomic E-state index is -0.120. The van der Waals surface area contributed by atoms with Crippen molar-refractivity contribution in [3.8, 4) is 5.75 Å². The van der Waals surface area contributed by atoms with Crippen LogP contribution in [-0.2, 0) is 6.54 Å². The van der Waals surface area contributed by atoms with Crippen LogP contribution in [0.2, 0.25) is 0 Å². The van der Waals surface area contributed by atoms with Crippen LogP contribution in [0.5, 0.6) is 5.75 Å². The van der Waals surface area contributed by atoms with Gasteiger partial charge in [0.2, 0.25) is 0 Å². The second-order valence-corrected chi connectivity index (χ2v) is 5.07. The molecule has 1 unspecified atom stereocenters. The van der Waals surface area contributed by atoms with Gasteiger partial charge in [0.25, 0.3) is 0 Å². The van der Waals surface area contributed by atoms with Crippen molar-refractivity contribution in [2.75, 3.05) is 0 Å². The van der Waals surface area contributed by atoms with Crippen molar-refractivity contribution in [1.82, 2.24) is 4.57 Å². The molecule has 106 valence electrons. The van der Waals surface area contributed by atoms with Gasteiger partial charge in [0.15, 0.2) is 5.43 Å². The van der Waals surface area contributed by atoms with Crippen molar-refractivity contribution in [1.29, 1.82) is 0 Å². The quantitative estimate of drug-likeness (QED) is 0.909. The molecule has 0 aliphatic rings. The van der Waals surface area contributed by atoms with Crippen LogP contribution in [0.1, 0.15) is 25.5 Å². The van der Waals surface area contributed by atoms with Crippen molar-refractivity contribution in [3.05, 3.63) is 64.6 Å². The van der Waals surface area contributed by atoms with Gasteiger partial charge in [-0.05, 0) is 31.5 Å². The molecule has 0 aliphatic carbocycles. The van der Waals surface area contributed by atoms with Crippen LogP contribution in [0.25, 0.3) is 0 Å². The molecule has 0 aliphatic heterocycles. The molecule has 0 radical (unpaired) electrons. The Morgan fingerprint density at radius 2 is 1.70 bits per heavy atom. The van der Waals surface area contributed by atoms with Gasteiger partial charge in [0, 0.05) is 37.1 Å². The Kier molecular flexibility index (Phi) is 4.58. The number of hydrogen-bond donors (Lipinski definition) is 1. The zero-order chi connectivity index (χ0) is 14.5. The summed E-state index contributed by atoms with van der Waals surface area (Å²) in [5.74, 6) is 0.847. The van der Waals surface area contributed by atoms with Crippen LogP contribution in [0, 0.1) is 0 Å². The molecule has 1 aromatic carbocycles. The second kappa shape index (κ2) is 6.39. The molecule has 4 heteroatoms. The zero-order valence-corrected chi connectivity index (χ0v) is 11.8. The summed E-state index contributed by atoms with van der Waals surface area (Å²) in [6.45, 7) is 4.62. The van der Waals surface area contributed by atoms with Crippen LogP contribution < -0.4 is 15.9 Å². The molecular formula is C16H20N2O2. The average Bonchev–Trinajstić information content (AvgIpc) is 2.41. The number of aromatic nitrogens is 1.